The second-order valence-electron chi connectivity index (χ2n) is 5.86. The Balaban J connectivity index is 1.82. The average Bonchev–Trinajstić information content (AvgIpc) is 2.97. The van der Waals surface area contributed by atoms with Crippen LogP contribution < -0.4 is 4.74 Å². The zero-order valence-electron chi connectivity index (χ0n) is 14.3. The molecule has 0 aliphatic rings. The molecule has 0 saturated heterocycles. The molecule has 0 radical (unpaired) electrons. The second kappa shape index (κ2) is 6.73. The molecule has 0 N–H and O–H groups in total. The van der Waals surface area contributed by atoms with Gasteiger partial charge in [-0.2, -0.15) is 5.10 Å². The maximum atomic E-state index is 12.4. The number of ether oxygens (including phenoxy) is 1. The number of carbonyl (C=O) groups is 2. The first-order chi connectivity index (χ1) is 12.0. The Morgan fingerprint density at radius 1 is 1.04 bits per heavy atom. The van der Waals surface area contributed by atoms with E-state index in [9.17, 15) is 9.59 Å². The zero-order chi connectivity index (χ0) is 18.0. The van der Waals surface area contributed by atoms with Gasteiger partial charge in [-0.05, 0) is 62.7 Å². The van der Waals surface area contributed by atoms with Crippen molar-refractivity contribution >= 4 is 11.8 Å². The predicted octanol–water partition coefficient (Wildman–Crippen LogP) is 3.91. The van der Waals surface area contributed by atoms with Crippen LogP contribution in [0.2, 0.25) is 0 Å². The zero-order valence-corrected chi connectivity index (χ0v) is 14.3. The Morgan fingerprint density at radius 2 is 1.76 bits per heavy atom. The van der Waals surface area contributed by atoms with Crippen LogP contribution >= 0.6 is 0 Å². The smallest absolute Gasteiger partial charge is 0.347 e. The number of aromatic nitrogens is 2. The van der Waals surface area contributed by atoms with E-state index in [0.29, 0.717) is 22.6 Å². The van der Waals surface area contributed by atoms with Crippen LogP contribution in [0.25, 0.3) is 5.69 Å². The molecule has 3 rings (SSSR count). The lowest BCUT2D eigenvalue weighted by molar-refractivity contribution is 0.0734. The van der Waals surface area contributed by atoms with Crippen LogP contribution in [0.1, 0.15) is 38.9 Å². The van der Waals surface area contributed by atoms with Crippen molar-refractivity contribution in [2.75, 3.05) is 0 Å². The van der Waals surface area contributed by atoms with E-state index in [-0.39, 0.29) is 5.78 Å². The maximum Gasteiger partial charge on any atom is 0.347 e. The monoisotopic (exact) mass is 334 g/mol. The Kier molecular flexibility index (Phi) is 4.48. The average molecular weight is 334 g/mol. The summed E-state index contributed by atoms with van der Waals surface area (Å²) in [5.41, 5.74) is 3.68. The van der Waals surface area contributed by atoms with Crippen molar-refractivity contribution in [1.82, 2.24) is 9.78 Å². The summed E-state index contributed by atoms with van der Waals surface area (Å²) >= 11 is 0. The number of carbonyl (C=O) groups excluding carboxylic acids is 2. The molecule has 0 bridgehead atoms. The van der Waals surface area contributed by atoms with E-state index >= 15 is 0 Å². The number of aryl methyl sites for hydroxylation is 1. The Labute approximate surface area is 145 Å². The first-order valence-electron chi connectivity index (χ1n) is 7.90. The topological polar surface area (TPSA) is 61.2 Å². The van der Waals surface area contributed by atoms with E-state index in [0.717, 1.165) is 11.3 Å². The molecule has 0 aliphatic heterocycles. The van der Waals surface area contributed by atoms with Gasteiger partial charge < -0.3 is 4.74 Å². The van der Waals surface area contributed by atoms with E-state index in [1.807, 2.05) is 38.1 Å². The molecule has 0 atom stereocenters. The minimum atomic E-state index is -0.480. The molecule has 0 amide bonds. The molecule has 126 valence electrons. The van der Waals surface area contributed by atoms with E-state index in [2.05, 4.69) is 5.10 Å². The van der Waals surface area contributed by atoms with Gasteiger partial charge in [0, 0.05) is 5.56 Å². The summed E-state index contributed by atoms with van der Waals surface area (Å²) in [5.74, 6) is -0.127. The number of hydrogen-bond acceptors (Lipinski definition) is 4. The molecule has 0 spiro atoms. The molecule has 0 fully saturated rings. The highest BCUT2D eigenvalue weighted by Gasteiger charge is 2.17. The third-order valence-electron chi connectivity index (χ3n) is 3.95. The third kappa shape index (κ3) is 3.50. The molecule has 5 heteroatoms. The summed E-state index contributed by atoms with van der Waals surface area (Å²) in [4.78, 5) is 23.7. The SMILES string of the molecule is CC(=O)c1ccc(OC(=O)c2cnn(-c3cccc(C)c3)c2C)cc1. The molecule has 2 aromatic carbocycles. The summed E-state index contributed by atoms with van der Waals surface area (Å²) < 4.78 is 7.10. The highest BCUT2D eigenvalue weighted by atomic mass is 16.5. The fourth-order valence-electron chi connectivity index (χ4n) is 2.55. The quantitative estimate of drug-likeness (QED) is 0.412. The van der Waals surface area contributed by atoms with Gasteiger partial charge in [0.2, 0.25) is 0 Å². The maximum absolute atomic E-state index is 12.4. The van der Waals surface area contributed by atoms with Gasteiger partial charge in [-0.15, -0.1) is 0 Å². The summed E-state index contributed by atoms with van der Waals surface area (Å²) in [6.07, 6.45) is 1.50. The fraction of sp³-hybridized carbons (Fsp3) is 0.150. The molecule has 1 aromatic heterocycles. The first kappa shape index (κ1) is 16.6. The summed E-state index contributed by atoms with van der Waals surface area (Å²) in [7, 11) is 0. The van der Waals surface area contributed by atoms with Gasteiger partial charge in [0.05, 0.1) is 17.6 Å². The number of nitrogens with zero attached hydrogens (tertiary/aromatic N) is 2. The van der Waals surface area contributed by atoms with Crippen LogP contribution in [0.15, 0.2) is 54.7 Å². The van der Waals surface area contributed by atoms with E-state index in [1.54, 1.807) is 28.9 Å². The van der Waals surface area contributed by atoms with Crippen LogP contribution in [0.5, 0.6) is 5.75 Å². The van der Waals surface area contributed by atoms with Crippen molar-refractivity contribution < 1.29 is 14.3 Å². The van der Waals surface area contributed by atoms with Gasteiger partial charge >= 0.3 is 5.97 Å². The summed E-state index contributed by atoms with van der Waals surface area (Å²) in [6, 6.07) is 14.4. The largest absolute Gasteiger partial charge is 0.423 e. The number of Topliss-reactive ketones (excluding diaryl/α,β-unsaturated/α-hetero) is 1. The normalized spacial score (nSPS) is 10.5. The summed E-state index contributed by atoms with van der Waals surface area (Å²) in [6.45, 7) is 5.32. The van der Waals surface area contributed by atoms with Crippen molar-refractivity contribution in [3.8, 4) is 11.4 Å². The van der Waals surface area contributed by atoms with Gasteiger partial charge in [0.25, 0.3) is 0 Å². The molecule has 3 aromatic rings. The fourth-order valence-corrected chi connectivity index (χ4v) is 2.55. The van der Waals surface area contributed by atoms with Crippen LogP contribution in [-0.2, 0) is 0 Å². The van der Waals surface area contributed by atoms with Crippen molar-refractivity contribution in [3.63, 3.8) is 0 Å². The van der Waals surface area contributed by atoms with Gasteiger partial charge in [-0.3, -0.25) is 4.79 Å². The molecule has 0 aliphatic carbocycles. The van der Waals surface area contributed by atoms with Crippen molar-refractivity contribution in [1.29, 1.82) is 0 Å². The first-order valence-corrected chi connectivity index (χ1v) is 7.90. The number of benzene rings is 2. The second-order valence-corrected chi connectivity index (χ2v) is 5.86. The van der Waals surface area contributed by atoms with Crippen molar-refractivity contribution in [2.45, 2.75) is 20.8 Å². The van der Waals surface area contributed by atoms with E-state index < -0.39 is 5.97 Å². The number of ketones is 1. The molecule has 0 saturated carbocycles. The number of esters is 1. The molecular formula is C20H18N2O3. The van der Waals surface area contributed by atoms with Crippen LogP contribution in [0.3, 0.4) is 0 Å². The predicted molar refractivity (Wildman–Crippen MR) is 94.4 cm³/mol. The lowest BCUT2D eigenvalue weighted by Gasteiger charge is -2.07. The minimum absolute atomic E-state index is 0.0341. The van der Waals surface area contributed by atoms with Crippen molar-refractivity contribution in [2.24, 2.45) is 0 Å². The molecular weight excluding hydrogens is 316 g/mol. The Hall–Kier alpha value is -3.21. The Morgan fingerprint density at radius 3 is 2.40 bits per heavy atom. The van der Waals surface area contributed by atoms with Gasteiger partial charge in [-0.25, -0.2) is 9.48 Å². The van der Waals surface area contributed by atoms with Crippen LogP contribution in [0, 0.1) is 13.8 Å². The molecule has 1 heterocycles. The van der Waals surface area contributed by atoms with Gasteiger partial charge in [0.1, 0.15) is 11.3 Å². The number of rotatable bonds is 4. The third-order valence-corrected chi connectivity index (χ3v) is 3.95. The Bertz CT molecular complexity index is 940. The van der Waals surface area contributed by atoms with Crippen LogP contribution in [-0.4, -0.2) is 21.5 Å². The van der Waals surface area contributed by atoms with Gasteiger partial charge in [-0.1, -0.05) is 12.1 Å². The highest BCUT2D eigenvalue weighted by molar-refractivity contribution is 5.94. The minimum Gasteiger partial charge on any atom is -0.423 e. The van der Waals surface area contributed by atoms with Crippen molar-refractivity contribution in [3.05, 3.63) is 77.1 Å². The van der Waals surface area contributed by atoms with E-state index in [4.69, 9.17) is 4.74 Å². The van der Waals surface area contributed by atoms with Crippen LogP contribution in [0.4, 0.5) is 0 Å². The highest BCUT2D eigenvalue weighted by Crippen LogP contribution is 2.19. The summed E-state index contributed by atoms with van der Waals surface area (Å²) in [5, 5.41) is 4.30. The molecule has 0 unspecified atom stereocenters. The van der Waals surface area contributed by atoms with E-state index in [1.165, 1.54) is 13.1 Å². The van der Waals surface area contributed by atoms with Gasteiger partial charge in [0.15, 0.2) is 5.78 Å². The lowest BCUT2D eigenvalue weighted by Crippen LogP contribution is -2.10. The molecule has 25 heavy (non-hydrogen) atoms. The number of hydrogen-bond donors (Lipinski definition) is 0. The lowest BCUT2D eigenvalue weighted by atomic mass is 10.1. The molecule has 5 nitrogen and oxygen atoms in total. The standard InChI is InChI=1S/C20H18N2O3/c1-13-5-4-6-17(11-13)22-14(2)19(12-21-22)20(24)25-18-9-7-16(8-10-18)15(3)23/h4-12H,1-3H3.